The number of benzene rings is 1. The van der Waals surface area contributed by atoms with Gasteiger partial charge in [-0.25, -0.2) is 0 Å². The second kappa shape index (κ2) is 4.41. The molecule has 0 bridgehead atoms. The fraction of sp³-hybridized carbons (Fsp3) is 0.200. The van der Waals surface area contributed by atoms with E-state index in [1.807, 2.05) is 6.07 Å². The minimum Gasteiger partial charge on any atom is -0.369 e. The fourth-order valence-electron chi connectivity index (χ4n) is 1.23. The number of carbonyl (C=O) groups excluding carboxylic acids is 2. The van der Waals surface area contributed by atoms with Crippen molar-refractivity contribution in [2.45, 2.75) is 5.92 Å². The van der Waals surface area contributed by atoms with Gasteiger partial charge in [0, 0.05) is 7.05 Å². The number of carbonyl (C=O) groups is 2. The first-order valence-corrected chi connectivity index (χ1v) is 4.22. The van der Waals surface area contributed by atoms with Crippen LogP contribution in [-0.2, 0) is 9.59 Å². The number of nitrogens with one attached hydrogen (secondary N) is 1. The molecule has 1 rings (SSSR count). The topological polar surface area (TPSA) is 72.2 Å². The first-order valence-electron chi connectivity index (χ1n) is 4.22. The average Bonchev–Trinajstić information content (AvgIpc) is 2.19. The van der Waals surface area contributed by atoms with Crippen LogP contribution in [0.15, 0.2) is 30.3 Å². The summed E-state index contributed by atoms with van der Waals surface area (Å²) in [5, 5.41) is 2.41. The SMILES string of the molecule is CNC(=O)C(C(N)=O)c1ccccc1. The van der Waals surface area contributed by atoms with Gasteiger partial charge in [0.2, 0.25) is 11.8 Å². The molecule has 0 saturated carbocycles. The lowest BCUT2D eigenvalue weighted by Crippen LogP contribution is -2.35. The van der Waals surface area contributed by atoms with E-state index in [0.29, 0.717) is 5.56 Å². The molecule has 0 spiro atoms. The molecule has 1 aromatic rings. The molecular formula is C10H12N2O2. The molecule has 0 aliphatic rings. The molecule has 74 valence electrons. The minimum atomic E-state index is -0.902. The molecule has 4 heteroatoms. The molecule has 1 aromatic carbocycles. The Kier molecular flexibility index (Phi) is 3.23. The Balaban J connectivity index is 3.01. The lowest BCUT2D eigenvalue weighted by molar-refractivity contribution is -0.129. The van der Waals surface area contributed by atoms with E-state index in [2.05, 4.69) is 5.32 Å². The summed E-state index contributed by atoms with van der Waals surface area (Å²) < 4.78 is 0. The summed E-state index contributed by atoms with van der Waals surface area (Å²) in [5.74, 6) is -1.93. The molecule has 0 heterocycles. The highest BCUT2D eigenvalue weighted by Gasteiger charge is 2.24. The largest absolute Gasteiger partial charge is 0.369 e. The van der Waals surface area contributed by atoms with E-state index in [1.54, 1.807) is 24.3 Å². The lowest BCUT2D eigenvalue weighted by atomic mass is 9.98. The Hall–Kier alpha value is -1.84. The molecule has 2 amide bonds. The van der Waals surface area contributed by atoms with Gasteiger partial charge < -0.3 is 11.1 Å². The van der Waals surface area contributed by atoms with Crippen LogP contribution < -0.4 is 11.1 Å². The van der Waals surface area contributed by atoms with E-state index in [0.717, 1.165) is 0 Å². The van der Waals surface area contributed by atoms with E-state index < -0.39 is 11.8 Å². The van der Waals surface area contributed by atoms with Crippen LogP contribution in [0.4, 0.5) is 0 Å². The summed E-state index contributed by atoms with van der Waals surface area (Å²) in [6, 6.07) is 8.73. The highest BCUT2D eigenvalue weighted by atomic mass is 16.2. The van der Waals surface area contributed by atoms with Crippen LogP contribution in [0.5, 0.6) is 0 Å². The second-order valence-corrected chi connectivity index (χ2v) is 2.86. The zero-order chi connectivity index (χ0) is 10.6. The lowest BCUT2D eigenvalue weighted by Gasteiger charge is -2.11. The maximum Gasteiger partial charge on any atom is 0.236 e. The minimum absolute atomic E-state index is 0.385. The molecule has 0 aliphatic heterocycles. The number of hydrogen-bond donors (Lipinski definition) is 2. The number of primary amides is 1. The molecular weight excluding hydrogens is 180 g/mol. The van der Waals surface area contributed by atoms with Crippen LogP contribution in [0.2, 0.25) is 0 Å². The third-order valence-corrected chi connectivity index (χ3v) is 1.93. The van der Waals surface area contributed by atoms with Gasteiger partial charge in [0.1, 0.15) is 5.92 Å². The van der Waals surface area contributed by atoms with E-state index >= 15 is 0 Å². The fourth-order valence-corrected chi connectivity index (χ4v) is 1.23. The van der Waals surface area contributed by atoms with Crippen LogP contribution in [0.3, 0.4) is 0 Å². The zero-order valence-electron chi connectivity index (χ0n) is 7.86. The summed E-state index contributed by atoms with van der Waals surface area (Å²) in [6.07, 6.45) is 0. The van der Waals surface area contributed by atoms with Crippen molar-refractivity contribution in [3.63, 3.8) is 0 Å². The zero-order valence-corrected chi connectivity index (χ0v) is 7.86. The monoisotopic (exact) mass is 192 g/mol. The number of likely N-dealkylation sites (N-methyl/N-ethyl adjacent to an activating group) is 1. The molecule has 0 saturated heterocycles. The van der Waals surface area contributed by atoms with Crippen molar-refractivity contribution in [2.75, 3.05) is 7.05 Å². The van der Waals surface area contributed by atoms with E-state index in [9.17, 15) is 9.59 Å². The summed E-state index contributed by atoms with van der Waals surface area (Å²) >= 11 is 0. The van der Waals surface area contributed by atoms with Crippen molar-refractivity contribution < 1.29 is 9.59 Å². The number of nitrogens with two attached hydrogens (primary N) is 1. The molecule has 0 radical (unpaired) electrons. The maximum atomic E-state index is 11.3. The smallest absolute Gasteiger partial charge is 0.236 e. The maximum absolute atomic E-state index is 11.3. The number of hydrogen-bond acceptors (Lipinski definition) is 2. The van der Waals surface area contributed by atoms with Crippen molar-refractivity contribution in [3.8, 4) is 0 Å². The Morgan fingerprint density at radius 2 is 1.86 bits per heavy atom. The van der Waals surface area contributed by atoms with Crippen molar-refractivity contribution in [2.24, 2.45) is 5.73 Å². The summed E-state index contributed by atoms with van der Waals surface area (Å²) in [7, 11) is 1.47. The van der Waals surface area contributed by atoms with Gasteiger partial charge in [-0.2, -0.15) is 0 Å². The molecule has 0 aromatic heterocycles. The average molecular weight is 192 g/mol. The van der Waals surface area contributed by atoms with Gasteiger partial charge in [-0.15, -0.1) is 0 Å². The van der Waals surface area contributed by atoms with Gasteiger partial charge >= 0.3 is 0 Å². The Morgan fingerprint density at radius 3 is 2.29 bits per heavy atom. The van der Waals surface area contributed by atoms with Gasteiger partial charge in [0.05, 0.1) is 0 Å². The third kappa shape index (κ3) is 2.10. The standard InChI is InChI=1S/C10H12N2O2/c1-12-10(14)8(9(11)13)7-5-3-2-4-6-7/h2-6,8H,1H3,(H2,11,13)(H,12,14). The predicted octanol–water partition coefficient (Wildman–Crippen LogP) is 0.00150. The van der Waals surface area contributed by atoms with Crippen molar-refractivity contribution in [1.82, 2.24) is 5.32 Å². The van der Waals surface area contributed by atoms with Crippen LogP contribution in [0.25, 0.3) is 0 Å². The first-order chi connectivity index (χ1) is 6.66. The van der Waals surface area contributed by atoms with Gasteiger partial charge in [0.25, 0.3) is 0 Å². The van der Waals surface area contributed by atoms with E-state index in [1.165, 1.54) is 7.05 Å². The highest BCUT2D eigenvalue weighted by molar-refractivity contribution is 6.04. The normalized spacial score (nSPS) is 11.8. The third-order valence-electron chi connectivity index (χ3n) is 1.93. The van der Waals surface area contributed by atoms with Gasteiger partial charge in [-0.3, -0.25) is 9.59 Å². The van der Waals surface area contributed by atoms with Crippen LogP contribution >= 0.6 is 0 Å². The number of rotatable bonds is 3. The van der Waals surface area contributed by atoms with Gasteiger partial charge in [-0.05, 0) is 5.56 Å². The van der Waals surface area contributed by atoms with Crippen LogP contribution in [0, 0.1) is 0 Å². The van der Waals surface area contributed by atoms with Gasteiger partial charge in [0.15, 0.2) is 0 Å². The molecule has 3 N–H and O–H groups in total. The van der Waals surface area contributed by atoms with Crippen LogP contribution in [-0.4, -0.2) is 18.9 Å². The Labute approximate surface area is 82.1 Å². The van der Waals surface area contributed by atoms with E-state index in [-0.39, 0.29) is 5.91 Å². The molecule has 0 fully saturated rings. The molecule has 1 atom stereocenters. The summed E-state index contributed by atoms with van der Waals surface area (Å²) in [4.78, 5) is 22.4. The van der Waals surface area contributed by atoms with Crippen LogP contribution in [0.1, 0.15) is 11.5 Å². The second-order valence-electron chi connectivity index (χ2n) is 2.86. The Bertz CT molecular complexity index is 335. The quantitative estimate of drug-likeness (QED) is 0.662. The molecule has 0 aliphatic carbocycles. The van der Waals surface area contributed by atoms with Gasteiger partial charge in [-0.1, -0.05) is 30.3 Å². The van der Waals surface area contributed by atoms with Crippen molar-refractivity contribution in [3.05, 3.63) is 35.9 Å². The van der Waals surface area contributed by atoms with E-state index in [4.69, 9.17) is 5.73 Å². The molecule has 4 nitrogen and oxygen atoms in total. The molecule has 14 heavy (non-hydrogen) atoms. The predicted molar refractivity (Wildman–Crippen MR) is 52.4 cm³/mol. The summed E-state index contributed by atoms with van der Waals surface area (Å²) in [6.45, 7) is 0. The Morgan fingerprint density at radius 1 is 1.29 bits per heavy atom. The molecule has 1 unspecified atom stereocenters. The number of amides is 2. The first kappa shape index (κ1) is 10.2. The highest BCUT2D eigenvalue weighted by Crippen LogP contribution is 2.14. The van der Waals surface area contributed by atoms with Crippen molar-refractivity contribution >= 4 is 11.8 Å². The van der Waals surface area contributed by atoms with Crippen molar-refractivity contribution in [1.29, 1.82) is 0 Å². The summed E-state index contributed by atoms with van der Waals surface area (Å²) in [5.41, 5.74) is 5.76.